The van der Waals surface area contributed by atoms with Crippen LogP contribution < -0.4 is 9.46 Å². The molecule has 8 nitrogen and oxygen atoms in total. The quantitative estimate of drug-likeness (QED) is 0.684. The van der Waals surface area contributed by atoms with E-state index in [0.29, 0.717) is 13.1 Å². The van der Waals surface area contributed by atoms with E-state index in [1.807, 2.05) is 13.8 Å². The molecule has 0 aromatic heterocycles. The minimum absolute atomic E-state index is 0.0111. The number of esters is 1. The van der Waals surface area contributed by atoms with Crippen LogP contribution in [0.1, 0.15) is 24.2 Å². The van der Waals surface area contributed by atoms with Crippen LogP contribution in [0.4, 0.5) is 0 Å². The van der Waals surface area contributed by atoms with Gasteiger partial charge in [-0.05, 0) is 39.1 Å². The standard InChI is InChI=1S/C15H22N2O6S/c1-5-17(6-2)14(18)10-23-15(19)11-7-8-12(22-4)13(9-11)24(20,21)16-3/h7-9,16H,5-6,10H2,1-4H3. The lowest BCUT2D eigenvalue weighted by Gasteiger charge is -2.18. The van der Waals surface area contributed by atoms with Crippen molar-refractivity contribution in [3.63, 3.8) is 0 Å². The third kappa shape index (κ3) is 4.68. The summed E-state index contributed by atoms with van der Waals surface area (Å²) in [5, 5.41) is 0. The van der Waals surface area contributed by atoms with E-state index < -0.39 is 22.6 Å². The van der Waals surface area contributed by atoms with Crippen LogP contribution in [0.3, 0.4) is 0 Å². The maximum absolute atomic E-state index is 12.1. The lowest BCUT2D eigenvalue weighted by atomic mass is 10.2. The zero-order valence-electron chi connectivity index (χ0n) is 14.2. The minimum atomic E-state index is -3.81. The molecule has 134 valence electrons. The highest BCUT2D eigenvalue weighted by Crippen LogP contribution is 2.24. The topological polar surface area (TPSA) is 102 Å². The summed E-state index contributed by atoms with van der Waals surface area (Å²) < 4.78 is 36.1. The fraction of sp³-hybridized carbons (Fsp3) is 0.467. The molecule has 0 saturated heterocycles. The number of nitrogens with zero attached hydrogens (tertiary/aromatic N) is 1. The van der Waals surface area contributed by atoms with Gasteiger partial charge in [-0.1, -0.05) is 0 Å². The van der Waals surface area contributed by atoms with Gasteiger partial charge in [0.05, 0.1) is 12.7 Å². The van der Waals surface area contributed by atoms with E-state index in [1.54, 1.807) is 0 Å². The molecule has 1 aromatic carbocycles. The van der Waals surface area contributed by atoms with Crippen molar-refractivity contribution in [2.24, 2.45) is 0 Å². The van der Waals surface area contributed by atoms with Crippen LogP contribution in [-0.2, 0) is 19.6 Å². The molecule has 0 unspecified atom stereocenters. The second-order valence-electron chi connectivity index (χ2n) is 4.72. The number of sulfonamides is 1. The molecular weight excluding hydrogens is 336 g/mol. The van der Waals surface area contributed by atoms with E-state index in [4.69, 9.17) is 9.47 Å². The molecular formula is C15H22N2O6S. The van der Waals surface area contributed by atoms with Gasteiger partial charge in [-0.25, -0.2) is 17.9 Å². The van der Waals surface area contributed by atoms with Crippen molar-refractivity contribution in [2.45, 2.75) is 18.7 Å². The van der Waals surface area contributed by atoms with Gasteiger partial charge in [-0.3, -0.25) is 4.79 Å². The van der Waals surface area contributed by atoms with Crippen LogP contribution in [0.15, 0.2) is 23.1 Å². The van der Waals surface area contributed by atoms with Crippen LogP contribution in [0.25, 0.3) is 0 Å². The Morgan fingerprint density at radius 2 is 1.83 bits per heavy atom. The van der Waals surface area contributed by atoms with Crippen LogP contribution in [-0.4, -0.2) is 59.0 Å². The summed E-state index contributed by atoms with van der Waals surface area (Å²) in [5.74, 6) is -1.00. The molecule has 0 aliphatic rings. The highest BCUT2D eigenvalue weighted by molar-refractivity contribution is 7.89. The van der Waals surface area contributed by atoms with Gasteiger partial charge in [0, 0.05) is 13.1 Å². The molecule has 1 rings (SSSR count). The van der Waals surface area contributed by atoms with Gasteiger partial charge in [-0.2, -0.15) is 0 Å². The Morgan fingerprint density at radius 3 is 2.33 bits per heavy atom. The fourth-order valence-electron chi connectivity index (χ4n) is 2.00. The lowest BCUT2D eigenvalue weighted by molar-refractivity contribution is -0.134. The molecule has 0 heterocycles. The van der Waals surface area contributed by atoms with Gasteiger partial charge in [0.2, 0.25) is 10.0 Å². The smallest absolute Gasteiger partial charge is 0.338 e. The second kappa shape index (κ2) is 8.65. The van der Waals surface area contributed by atoms with Crippen LogP contribution in [0.2, 0.25) is 0 Å². The van der Waals surface area contributed by atoms with Crippen molar-refractivity contribution in [3.05, 3.63) is 23.8 Å². The molecule has 1 aromatic rings. The number of benzene rings is 1. The molecule has 0 fully saturated rings. The van der Waals surface area contributed by atoms with Gasteiger partial charge < -0.3 is 14.4 Å². The molecule has 0 radical (unpaired) electrons. The number of rotatable bonds is 8. The maximum Gasteiger partial charge on any atom is 0.338 e. The van der Waals surface area contributed by atoms with Crippen molar-refractivity contribution in [1.29, 1.82) is 0 Å². The maximum atomic E-state index is 12.1. The molecule has 1 amide bonds. The third-order valence-corrected chi connectivity index (χ3v) is 4.84. The summed E-state index contributed by atoms with van der Waals surface area (Å²) in [7, 11) is -1.23. The summed E-state index contributed by atoms with van der Waals surface area (Å²) in [4.78, 5) is 25.2. The Labute approximate surface area is 141 Å². The molecule has 0 atom stereocenters. The number of hydrogen-bond acceptors (Lipinski definition) is 6. The summed E-state index contributed by atoms with van der Waals surface area (Å²) in [6.45, 7) is 4.27. The second-order valence-corrected chi connectivity index (χ2v) is 6.57. The first kappa shape index (κ1) is 19.9. The van der Waals surface area contributed by atoms with E-state index in [2.05, 4.69) is 4.72 Å². The Kier molecular flexibility index (Phi) is 7.18. The van der Waals surface area contributed by atoms with Gasteiger partial charge in [-0.15, -0.1) is 0 Å². The molecule has 24 heavy (non-hydrogen) atoms. The largest absolute Gasteiger partial charge is 0.495 e. The van der Waals surface area contributed by atoms with Crippen molar-refractivity contribution in [1.82, 2.24) is 9.62 Å². The molecule has 1 N–H and O–H groups in total. The molecule has 9 heteroatoms. The number of carbonyl (C=O) groups excluding carboxylic acids is 2. The van der Waals surface area contributed by atoms with Crippen molar-refractivity contribution >= 4 is 21.9 Å². The summed E-state index contributed by atoms with van der Waals surface area (Å²) >= 11 is 0. The van der Waals surface area contributed by atoms with Gasteiger partial charge in [0.1, 0.15) is 10.6 Å². The van der Waals surface area contributed by atoms with Gasteiger partial charge in [0.25, 0.3) is 5.91 Å². The van der Waals surface area contributed by atoms with E-state index >= 15 is 0 Å². The normalized spacial score (nSPS) is 11.0. The number of carbonyl (C=O) groups is 2. The summed E-state index contributed by atoms with van der Waals surface area (Å²) in [6.07, 6.45) is 0. The Morgan fingerprint density at radius 1 is 1.21 bits per heavy atom. The van der Waals surface area contributed by atoms with Crippen molar-refractivity contribution in [2.75, 3.05) is 33.9 Å². The Bertz CT molecular complexity index is 698. The molecule has 0 bridgehead atoms. The first-order valence-electron chi connectivity index (χ1n) is 7.37. The highest BCUT2D eigenvalue weighted by atomic mass is 32.2. The number of ether oxygens (including phenoxy) is 2. The molecule has 0 aliphatic carbocycles. The lowest BCUT2D eigenvalue weighted by Crippen LogP contribution is -2.34. The monoisotopic (exact) mass is 358 g/mol. The van der Waals surface area contributed by atoms with Crippen LogP contribution in [0, 0.1) is 0 Å². The van der Waals surface area contributed by atoms with E-state index in [1.165, 1.54) is 31.2 Å². The van der Waals surface area contributed by atoms with Gasteiger partial charge in [0.15, 0.2) is 6.61 Å². The van der Waals surface area contributed by atoms with Crippen LogP contribution in [0.5, 0.6) is 5.75 Å². The van der Waals surface area contributed by atoms with E-state index in [0.717, 1.165) is 6.07 Å². The van der Waals surface area contributed by atoms with Crippen molar-refractivity contribution < 1.29 is 27.5 Å². The highest BCUT2D eigenvalue weighted by Gasteiger charge is 2.21. The average Bonchev–Trinajstić information content (AvgIpc) is 2.60. The Hall–Kier alpha value is -2.13. The number of likely N-dealkylation sites (N-methyl/N-ethyl adjacent to an activating group) is 1. The zero-order chi connectivity index (χ0) is 18.3. The third-order valence-electron chi connectivity index (χ3n) is 3.40. The van der Waals surface area contributed by atoms with Crippen molar-refractivity contribution in [3.8, 4) is 5.75 Å². The number of methoxy groups -OCH3 is 1. The fourth-order valence-corrected chi connectivity index (χ4v) is 2.92. The number of amides is 1. The van der Waals surface area contributed by atoms with Gasteiger partial charge >= 0.3 is 5.97 Å². The predicted molar refractivity (Wildman–Crippen MR) is 87.5 cm³/mol. The zero-order valence-corrected chi connectivity index (χ0v) is 15.0. The van der Waals surface area contributed by atoms with E-state index in [-0.39, 0.29) is 22.1 Å². The minimum Gasteiger partial charge on any atom is -0.495 e. The molecule has 0 spiro atoms. The first-order chi connectivity index (χ1) is 11.3. The summed E-state index contributed by atoms with van der Waals surface area (Å²) in [5.41, 5.74) is 0.0111. The SMILES string of the molecule is CCN(CC)C(=O)COC(=O)c1ccc(OC)c(S(=O)(=O)NC)c1. The number of nitrogens with one attached hydrogen (secondary N) is 1. The van der Waals surface area contributed by atoms with Crippen LogP contribution >= 0.6 is 0 Å². The molecule has 0 saturated carbocycles. The van der Waals surface area contributed by atoms with E-state index in [9.17, 15) is 18.0 Å². The predicted octanol–water partition coefficient (Wildman–Crippen LogP) is 0.628. The first-order valence-corrected chi connectivity index (χ1v) is 8.85. The average molecular weight is 358 g/mol. The number of hydrogen-bond donors (Lipinski definition) is 1. The summed E-state index contributed by atoms with van der Waals surface area (Å²) in [6, 6.07) is 3.87. The molecule has 0 aliphatic heterocycles. The Balaban J connectivity index is 2.97.